The molecule has 1 aromatic heterocycles. The highest BCUT2D eigenvalue weighted by atomic mass is 15.3. The van der Waals surface area contributed by atoms with E-state index in [9.17, 15) is 0 Å². The van der Waals surface area contributed by atoms with Crippen LogP contribution in [-0.4, -0.2) is 9.78 Å². The van der Waals surface area contributed by atoms with Crippen molar-refractivity contribution >= 4 is 0 Å². The Balaban J connectivity index is 2.16. The van der Waals surface area contributed by atoms with Gasteiger partial charge in [0, 0.05) is 12.7 Å². The number of hydrogen-bond acceptors (Lipinski definition) is 2. The van der Waals surface area contributed by atoms with Crippen LogP contribution in [0.4, 0.5) is 0 Å². The third-order valence-corrected chi connectivity index (χ3v) is 3.41. The first-order chi connectivity index (χ1) is 6.56. The number of rotatable bonds is 3. The zero-order valence-electron chi connectivity index (χ0n) is 9.20. The fourth-order valence-corrected chi connectivity index (χ4v) is 2.22. The summed E-state index contributed by atoms with van der Waals surface area (Å²) in [6.07, 6.45) is 3.08. The van der Waals surface area contributed by atoms with Crippen molar-refractivity contribution in [2.24, 2.45) is 17.1 Å². The van der Waals surface area contributed by atoms with E-state index in [4.69, 9.17) is 5.73 Å². The van der Waals surface area contributed by atoms with Crippen LogP contribution >= 0.6 is 0 Å². The summed E-state index contributed by atoms with van der Waals surface area (Å²) in [5.41, 5.74) is 7.85. The number of aromatic nitrogens is 2. The summed E-state index contributed by atoms with van der Waals surface area (Å²) in [6, 6.07) is 2.20. The molecule has 1 aliphatic carbocycles. The van der Waals surface area contributed by atoms with E-state index in [0.717, 1.165) is 6.54 Å². The van der Waals surface area contributed by atoms with Gasteiger partial charge in [-0.25, -0.2) is 0 Å². The van der Waals surface area contributed by atoms with Crippen molar-refractivity contribution in [1.82, 2.24) is 9.78 Å². The zero-order chi connectivity index (χ0) is 10.3. The van der Waals surface area contributed by atoms with Gasteiger partial charge in [0.2, 0.25) is 0 Å². The quantitative estimate of drug-likeness (QED) is 0.797. The maximum Gasteiger partial charge on any atom is 0.0554 e. The zero-order valence-corrected chi connectivity index (χ0v) is 9.20. The Bertz CT molecular complexity index is 327. The van der Waals surface area contributed by atoms with Gasteiger partial charge in [-0.3, -0.25) is 4.68 Å². The first-order valence-electron chi connectivity index (χ1n) is 5.33. The highest BCUT2D eigenvalue weighted by Gasteiger charge is 2.49. The smallest absolute Gasteiger partial charge is 0.0554 e. The van der Waals surface area contributed by atoms with Gasteiger partial charge < -0.3 is 5.73 Å². The third-order valence-electron chi connectivity index (χ3n) is 3.41. The predicted molar refractivity (Wildman–Crippen MR) is 56.7 cm³/mol. The molecule has 14 heavy (non-hydrogen) atoms. The van der Waals surface area contributed by atoms with Gasteiger partial charge >= 0.3 is 0 Å². The molecule has 78 valence electrons. The monoisotopic (exact) mass is 193 g/mol. The fourth-order valence-electron chi connectivity index (χ4n) is 2.22. The van der Waals surface area contributed by atoms with Crippen LogP contribution in [0.5, 0.6) is 0 Å². The first-order valence-corrected chi connectivity index (χ1v) is 5.33. The average Bonchev–Trinajstić information content (AvgIpc) is 2.64. The summed E-state index contributed by atoms with van der Waals surface area (Å²) < 4.78 is 2.00. The van der Waals surface area contributed by atoms with Gasteiger partial charge in [-0.2, -0.15) is 5.10 Å². The summed E-state index contributed by atoms with van der Waals surface area (Å²) in [7, 11) is 0. The Labute approximate surface area is 85.3 Å². The van der Waals surface area contributed by atoms with Crippen molar-refractivity contribution in [1.29, 1.82) is 0 Å². The molecular formula is C11H19N3. The van der Waals surface area contributed by atoms with Gasteiger partial charge in [0.05, 0.1) is 11.7 Å². The maximum atomic E-state index is 6.24. The van der Waals surface area contributed by atoms with Gasteiger partial charge in [-0.05, 0) is 30.7 Å². The number of nitrogens with two attached hydrogens (primary N) is 1. The predicted octanol–water partition coefficient (Wildman–Crippen LogP) is 1.95. The molecule has 0 radical (unpaired) electrons. The molecule has 1 aliphatic rings. The van der Waals surface area contributed by atoms with Crippen LogP contribution in [0.25, 0.3) is 0 Å². The Morgan fingerprint density at radius 1 is 1.71 bits per heavy atom. The third kappa shape index (κ3) is 1.46. The molecule has 1 saturated carbocycles. The van der Waals surface area contributed by atoms with Crippen LogP contribution in [0.2, 0.25) is 0 Å². The van der Waals surface area contributed by atoms with Gasteiger partial charge in [0.1, 0.15) is 0 Å². The SMILES string of the molecule is CCn1nccc1C(N)C1CC1(C)C. The molecule has 1 fully saturated rings. The molecule has 0 aromatic carbocycles. The van der Waals surface area contributed by atoms with Gasteiger partial charge in [0.25, 0.3) is 0 Å². The van der Waals surface area contributed by atoms with Crippen LogP contribution in [-0.2, 0) is 6.54 Å². The largest absolute Gasteiger partial charge is 0.322 e. The van der Waals surface area contributed by atoms with Crippen molar-refractivity contribution in [2.75, 3.05) is 0 Å². The minimum atomic E-state index is 0.160. The van der Waals surface area contributed by atoms with Crippen LogP contribution in [0.3, 0.4) is 0 Å². The van der Waals surface area contributed by atoms with E-state index in [0.29, 0.717) is 11.3 Å². The summed E-state index contributed by atoms with van der Waals surface area (Å²) in [5, 5.41) is 4.25. The highest BCUT2D eigenvalue weighted by molar-refractivity contribution is 5.14. The van der Waals surface area contributed by atoms with E-state index in [2.05, 4.69) is 25.9 Å². The molecule has 2 atom stereocenters. The van der Waals surface area contributed by atoms with Crippen molar-refractivity contribution in [3.63, 3.8) is 0 Å². The lowest BCUT2D eigenvalue weighted by Gasteiger charge is -2.14. The highest BCUT2D eigenvalue weighted by Crippen LogP contribution is 2.56. The molecule has 0 aliphatic heterocycles. The molecule has 2 N–H and O–H groups in total. The minimum Gasteiger partial charge on any atom is -0.322 e. The summed E-state index contributed by atoms with van der Waals surface area (Å²) in [4.78, 5) is 0. The van der Waals surface area contributed by atoms with E-state index >= 15 is 0 Å². The molecule has 0 spiro atoms. The second kappa shape index (κ2) is 3.09. The van der Waals surface area contributed by atoms with E-state index in [1.807, 2.05) is 16.9 Å². The normalized spacial score (nSPS) is 26.1. The van der Waals surface area contributed by atoms with E-state index in [1.54, 1.807) is 0 Å². The van der Waals surface area contributed by atoms with Crippen molar-refractivity contribution < 1.29 is 0 Å². The standard InChI is InChI=1S/C11H19N3/c1-4-14-9(5-6-13-14)10(12)8-7-11(8,2)3/h5-6,8,10H,4,7,12H2,1-3H3. The second-order valence-corrected chi connectivity index (χ2v) is 4.90. The number of aryl methyl sites for hydroxylation is 1. The Hall–Kier alpha value is -0.830. The molecule has 1 heterocycles. The van der Waals surface area contributed by atoms with Gasteiger partial charge in [-0.1, -0.05) is 13.8 Å². The van der Waals surface area contributed by atoms with Gasteiger partial charge in [-0.15, -0.1) is 0 Å². The lowest BCUT2D eigenvalue weighted by atomic mass is 10.0. The molecule has 0 bridgehead atoms. The first kappa shape index (κ1) is 9.71. The number of nitrogens with zero attached hydrogens (tertiary/aromatic N) is 2. The van der Waals surface area contributed by atoms with Crippen molar-refractivity contribution in [3.8, 4) is 0 Å². The average molecular weight is 193 g/mol. The lowest BCUT2D eigenvalue weighted by Crippen LogP contribution is -2.19. The van der Waals surface area contributed by atoms with Crippen LogP contribution < -0.4 is 5.73 Å². The lowest BCUT2D eigenvalue weighted by molar-refractivity contribution is 0.460. The molecular weight excluding hydrogens is 174 g/mol. The summed E-state index contributed by atoms with van der Waals surface area (Å²) in [6.45, 7) is 7.57. The molecule has 3 heteroatoms. The van der Waals surface area contributed by atoms with Gasteiger partial charge in [0.15, 0.2) is 0 Å². The van der Waals surface area contributed by atoms with Crippen LogP contribution in [0, 0.1) is 11.3 Å². The number of hydrogen-bond donors (Lipinski definition) is 1. The Kier molecular flexibility index (Phi) is 2.14. The molecule has 0 saturated heterocycles. The van der Waals surface area contributed by atoms with E-state index < -0.39 is 0 Å². The van der Waals surface area contributed by atoms with E-state index in [1.165, 1.54) is 12.1 Å². The molecule has 2 rings (SSSR count). The molecule has 3 nitrogen and oxygen atoms in total. The fraction of sp³-hybridized carbons (Fsp3) is 0.727. The van der Waals surface area contributed by atoms with E-state index in [-0.39, 0.29) is 6.04 Å². The molecule has 0 amide bonds. The Morgan fingerprint density at radius 3 is 2.86 bits per heavy atom. The topological polar surface area (TPSA) is 43.8 Å². The van der Waals surface area contributed by atoms with Crippen molar-refractivity contribution in [3.05, 3.63) is 18.0 Å². The summed E-state index contributed by atoms with van der Waals surface area (Å²) in [5.74, 6) is 0.629. The molecule has 2 unspecified atom stereocenters. The second-order valence-electron chi connectivity index (χ2n) is 4.90. The maximum absolute atomic E-state index is 6.24. The molecule has 1 aromatic rings. The summed E-state index contributed by atoms with van der Waals surface area (Å²) >= 11 is 0. The van der Waals surface area contributed by atoms with Crippen LogP contribution in [0.1, 0.15) is 38.9 Å². The van der Waals surface area contributed by atoms with Crippen molar-refractivity contribution in [2.45, 2.75) is 39.8 Å². The van der Waals surface area contributed by atoms with Crippen LogP contribution in [0.15, 0.2) is 12.3 Å². The minimum absolute atomic E-state index is 0.160. The Morgan fingerprint density at radius 2 is 2.36 bits per heavy atom.